The van der Waals surface area contributed by atoms with Crippen molar-refractivity contribution in [2.45, 2.75) is 40.0 Å². The summed E-state index contributed by atoms with van der Waals surface area (Å²) in [6.45, 7) is 8.32. The molecule has 1 aromatic carbocycles. The number of hydrogen-bond donors (Lipinski definition) is 1. The topological polar surface area (TPSA) is 86.3 Å². The summed E-state index contributed by atoms with van der Waals surface area (Å²) in [7, 11) is 0. The van der Waals surface area contributed by atoms with Crippen LogP contribution in [0.2, 0.25) is 0 Å². The fraction of sp³-hybridized carbons (Fsp3) is 0.391. The van der Waals surface area contributed by atoms with Crippen LogP contribution >= 0.6 is 0 Å². The lowest BCUT2D eigenvalue weighted by molar-refractivity contribution is -0.116. The highest BCUT2D eigenvalue weighted by molar-refractivity contribution is 5.91. The van der Waals surface area contributed by atoms with Gasteiger partial charge in [0.15, 0.2) is 5.65 Å². The number of rotatable bonds is 5. The molecule has 0 bridgehead atoms. The maximum Gasteiger partial charge on any atom is 0.224 e. The van der Waals surface area contributed by atoms with Crippen molar-refractivity contribution in [1.82, 2.24) is 14.6 Å². The molecule has 0 radical (unpaired) electrons. The molecular weight excluding hydrogens is 376 g/mol. The third kappa shape index (κ3) is 3.86. The number of carbonyl (C=O) groups excluding carboxylic acids is 1. The van der Waals surface area contributed by atoms with Crippen molar-refractivity contribution in [3.8, 4) is 6.07 Å². The Hall–Kier alpha value is -3.40. The molecule has 2 aromatic heterocycles. The van der Waals surface area contributed by atoms with Crippen LogP contribution in [0.5, 0.6) is 0 Å². The molecule has 1 aliphatic rings. The summed E-state index contributed by atoms with van der Waals surface area (Å²) < 4.78 is 1.68. The molecule has 1 unspecified atom stereocenters. The van der Waals surface area contributed by atoms with Gasteiger partial charge in [-0.3, -0.25) is 4.79 Å². The monoisotopic (exact) mass is 402 g/mol. The van der Waals surface area contributed by atoms with E-state index in [0.29, 0.717) is 24.1 Å². The van der Waals surface area contributed by atoms with Crippen molar-refractivity contribution in [1.29, 1.82) is 5.26 Å². The first-order valence-electron chi connectivity index (χ1n) is 10.3. The van der Waals surface area contributed by atoms with Crippen LogP contribution in [0, 0.1) is 31.1 Å². The van der Waals surface area contributed by atoms with E-state index in [2.05, 4.69) is 45.4 Å². The maximum absolute atomic E-state index is 12.5. The summed E-state index contributed by atoms with van der Waals surface area (Å²) in [5.41, 5.74) is 5.77. The van der Waals surface area contributed by atoms with Gasteiger partial charge in [0, 0.05) is 42.3 Å². The third-order valence-electron chi connectivity index (χ3n) is 5.87. The van der Waals surface area contributed by atoms with Crippen LogP contribution in [-0.2, 0) is 11.2 Å². The van der Waals surface area contributed by atoms with Gasteiger partial charge < -0.3 is 10.2 Å². The molecule has 1 amide bonds. The van der Waals surface area contributed by atoms with Gasteiger partial charge in [-0.05, 0) is 62.4 Å². The lowest BCUT2D eigenvalue weighted by atomic mass is 10.1. The zero-order chi connectivity index (χ0) is 21.3. The van der Waals surface area contributed by atoms with Crippen molar-refractivity contribution in [2.24, 2.45) is 5.92 Å². The smallest absolute Gasteiger partial charge is 0.224 e. The molecule has 154 valence electrons. The molecule has 7 heteroatoms. The van der Waals surface area contributed by atoms with E-state index < -0.39 is 0 Å². The molecule has 0 saturated carbocycles. The van der Waals surface area contributed by atoms with E-state index in [9.17, 15) is 10.1 Å². The minimum atomic E-state index is -0.0328. The number of fused-ring (bicyclic) bond motifs is 1. The zero-order valence-electron chi connectivity index (χ0n) is 17.6. The minimum absolute atomic E-state index is 0.0328. The normalized spacial score (nSPS) is 16.1. The summed E-state index contributed by atoms with van der Waals surface area (Å²) >= 11 is 0. The highest BCUT2D eigenvalue weighted by Gasteiger charge is 2.19. The van der Waals surface area contributed by atoms with E-state index in [1.54, 1.807) is 4.52 Å². The Kier molecular flexibility index (Phi) is 5.40. The zero-order valence-corrected chi connectivity index (χ0v) is 17.6. The number of hydrogen-bond acceptors (Lipinski definition) is 5. The third-order valence-corrected chi connectivity index (χ3v) is 5.87. The fourth-order valence-electron chi connectivity index (χ4n) is 4.14. The number of nitrogens with zero attached hydrogens (tertiary/aromatic N) is 5. The maximum atomic E-state index is 12.5. The van der Waals surface area contributed by atoms with Crippen LogP contribution in [0.4, 0.5) is 11.4 Å². The van der Waals surface area contributed by atoms with Gasteiger partial charge in [0.05, 0.1) is 6.20 Å². The van der Waals surface area contributed by atoms with E-state index in [-0.39, 0.29) is 5.91 Å². The van der Waals surface area contributed by atoms with Crippen molar-refractivity contribution in [3.63, 3.8) is 0 Å². The Morgan fingerprint density at radius 2 is 2.07 bits per heavy atom. The highest BCUT2D eigenvalue weighted by atomic mass is 16.1. The molecule has 4 rings (SSSR count). The Balaban J connectivity index is 1.40. The largest absolute Gasteiger partial charge is 0.371 e. The first-order chi connectivity index (χ1) is 14.5. The number of aryl methyl sites for hydroxylation is 2. The van der Waals surface area contributed by atoms with Crippen LogP contribution in [0.1, 0.15) is 42.3 Å². The number of aromatic nitrogens is 3. The van der Waals surface area contributed by atoms with Gasteiger partial charge in [-0.25, -0.2) is 9.50 Å². The van der Waals surface area contributed by atoms with Crippen molar-refractivity contribution >= 4 is 22.9 Å². The van der Waals surface area contributed by atoms with E-state index in [1.165, 1.54) is 18.3 Å². The van der Waals surface area contributed by atoms with Crippen LogP contribution < -0.4 is 10.2 Å². The lowest BCUT2D eigenvalue weighted by Crippen LogP contribution is -2.19. The second-order valence-electron chi connectivity index (χ2n) is 8.10. The van der Waals surface area contributed by atoms with Gasteiger partial charge in [0.25, 0.3) is 0 Å². The van der Waals surface area contributed by atoms with Crippen molar-refractivity contribution < 1.29 is 4.79 Å². The molecule has 3 aromatic rings. The number of amides is 1. The van der Waals surface area contributed by atoms with Gasteiger partial charge in [-0.15, -0.1) is 0 Å². The summed E-state index contributed by atoms with van der Waals surface area (Å²) in [6, 6.07) is 10.2. The fourth-order valence-corrected chi connectivity index (χ4v) is 4.14. The lowest BCUT2D eigenvalue weighted by Gasteiger charge is -2.18. The molecule has 1 N–H and O–H groups in total. The number of benzene rings is 1. The average Bonchev–Trinajstić information content (AvgIpc) is 3.34. The van der Waals surface area contributed by atoms with E-state index in [4.69, 9.17) is 0 Å². The SMILES string of the molecule is Cc1nc2c(C#N)cnn2c(C)c1CCC(=O)Nc1ccc(N2CCC(C)C2)cc1. The Bertz CT molecular complexity index is 1130. The average molecular weight is 403 g/mol. The van der Waals surface area contributed by atoms with Crippen LogP contribution in [0.3, 0.4) is 0 Å². The highest BCUT2D eigenvalue weighted by Crippen LogP contribution is 2.25. The minimum Gasteiger partial charge on any atom is -0.371 e. The number of anilines is 2. The predicted octanol–water partition coefficient (Wildman–Crippen LogP) is 3.64. The second kappa shape index (κ2) is 8.15. The molecule has 7 nitrogen and oxygen atoms in total. The second-order valence-corrected chi connectivity index (χ2v) is 8.10. The van der Waals surface area contributed by atoms with Crippen LogP contribution in [-0.4, -0.2) is 33.6 Å². The van der Waals surface area contributed by atoms with Gasteiger partial charge in [0.1, 0.15) is 11.6 Å². The Morgan fingerprint density at radius 1 is 1.30 bits per heavy atom. The van der Waals surface area contributed by atoms with E-state index in [1.807, 2.05) is 26.0 Å². The number of carbonyl (C=O) groups is 1. The van der Waals surface area contributed by atoms with Gasteiger partial charge >= 0.3 is 0 Å². The molecule has 1 saturated heterocycles. The van der Waals surface area contributed by atoms with Gasteiger partial charge in [-0.1, -0.05) is 6.92 Å². The van der Waals surface area contributed by atoms with Crippen molar-refractivity contribution in [3.05, 3.63) is 53.0 Å². The van der Waals surface area contributed by atoms with E-state index in [0.717, 1.165) is 41.6 Å². The Morgan fingerprint density at radius 3 is 2.73 bits per heavy atom. The standard InChI is InChI=1S/C23H26N6O/c1-15-10-11-28(14-15)20-6-4-19(5-7-20)27-22(30)9-8-21-16(2)26-23-18(12-24)13-25-29(23)17(21)3/h4-7,13,15H,8-11,14H2,1-3H3,(H,27,30). The number of nitriles is 1. The van der Waals surface area contributed by atoms with Crippen LogP contribution in [0.25, 0.3) is 5.65 Å². The molecule has 30 heavy (non-hydrogen) atoms. The van der Waals surface area contributed by atoms with Crippen molar-refractivity contribution in [2.75, 3.05) is 23.3 Å². The quantitative estimate of drug-likeness (QED) is 0.704. The summed E-state index contributed by atoms with van der Waals surface area (Å²) in [6.07, 6.45) is 3.68. The molecule has 0 aliphatic carbocycles. The summed E-state index contributed by atoms with van der Waals surface area (Å²) in [5, 5.41) is 16.4. The van der Waals surface area contributed by atoms with Crippen LogP contribution in [0.15, 0.2) is 30.5 Å². The molecule has 1 fully saturated rings. The first-order valence-corrected chi connectivity index (χ1v) is 10.3. The predicted molar refractivity (Wildman–Crippen MR) is 117 cm³/mol. The summed E-state index contributed by atoms with van der Waals surface area (Å²) in [5.74, 6) is 0.702. The molecule has 3 heterocycles. The summed E-state index contributed by atoms with van der Waals surface area (Å²) in [4.78, 5) is 19.4. The number of nitrogens with one attached hydrogen (secondary N) is 1. The van der Waals surface area contributed by atoms with Gasteiger partial charge in [0.2, 0.25) is 5.91 Å². The molecular formula is C23H26N6O. The molecule has 0 spiro atoms. The molecule has 1 atom stereocenters. The van der Waals surface area contributed by atoms with E-state index >= 15 is 0 Å². The van der Waals surface area contributed by atoms with Gasteiger partial charge in [-0.2, -0.15) is 10.4 Å². The Labute approximate surface area is 176 Å². The first kappa shape index (κ1) is 19.9. The molecule has 1 aliphatic heterocycles.